The van der Waals surface area contributed by atoms with Crippen LogP contribution in [0.4, 0.5) is 13.2 Å². The van der Waals surface area contributed by atoms with Gasteiger partial charge < -0.3 is 20.1 Å². The van der Waals surface area contributed by atoms with E-state index in [0.717, 1.165) is 27.4 Å². The minimum atomic E-state index is -1.59. The highest BCUT2D eigenvalue weighted by Gasteiger charge is 2.48. The Bertz CT molecular complexity index is 1700. The molecule has 0 aliphatic carbocycles. The molecule has 0 spiro atoms. The molecule has 40 heavy (non-hydrogen) atoms. The van der Waals surface area contributed by atoms with Crippen LogP contribution in [-0.4, -0.2) is 69.8 Å². The maximum Gasteiger partial charge on any atom is 0.194 e. The van der Waals surface area contributed by atoms with Crippen molar-refractivity contribution >= 4 is 21.6 Å². The number of nitrogens with zero attached hydrogens (tertiary/aromatic N) is 6. The van der Waals surface area contributed by atoms with Crippen molar-refractivity contribution in [3.05, 3.63) is 76.8 Å². The number of halogens is 3. The first kappa shape index (κ1) is 26.5. The van der Waals surface area contributed by atoms with Crippen molar-refractivity contribution in [1.29, 1.82) is 0 Å². The van der Waals surface area contributed by atoms with Crippen LogP contribution < -0.4 is 0 Å². The summed E-state index contributed by atoms with van der Waals surface area (Å²) in [6.45, 7) is 3.01. The van der Waals surface area contributed by atoms with Crippen molar-refractivity contribution in [1.82, 2.24) is 29.5 Å². The van der Waals surface area contributed by atoms with E-state index in [1.165, 1.54) is 33.1 Å². The van der Waals surface area contributed by atoms with Crippen molar-refractivity contribution in [2.24, 2.45) is 0 Å². The number of benzene rings is 2. The Kier molecular flexibility index (Phi) is 6.67. The monoisotopic (exact) mass is 572 g/mol. The summed E-state index contributed by atoms with van der Waals surface area (Å²) < 4.78 is 50.7. The van der Waals surface area contributed by atoms with Gasteiger partial charge in [-0.25, -0.2) is 27.8 Å². The summed E-state index contributed by atoms with van der Waals surface area (Å²) in [6.07, 6.45) is -2.52. The molecule has 0 bridgehead atoms. The van der Waals surface area contributed by atoms with Gasteiger partial charge in [0.2, 0.25) is 0 Å². The Hall–Kier alpha value is -3.69. The molecule has 4 heterocycles. The first-order valence-electron chi connectivity index (χ1n) is 12.3. The molecule has 0 saturated carbocycles. The molecule has 10 nitrogen and oxygen atoms in total. The minimum Gasteiger partial charge on any atom is -0.394 e. The zero-order valence-electron chi connectivity index (χ0n) is 21.1. The number of fused-ring (bicyclic) bond motifs is 1. The van der Waals surface area contributed by atoms with E-state index in [1.54, 1.807) is 6.92 Å². The third-order valence-electron chi connectivity index (χ3n) is 6.83. The molecule has 1 fully saturated rings. The molecule has 208 valence electrons. The second-order valence-electron chi connectivity index (χ2n) is 9.53. The minimum absolute atomic E-state index is 0.0120. The SMILES string of the molecule is Cc1nc([C@@H]2OC(CO)[C@H](O)[C@H](n3cc(-c4cc(F)c(F)c(F)c4)cn3)C2O)n(-c2ccc3nc(C)sc3c2)n1. The number of hydrogen-bond donors (Lipinski definition) is 3. The third-order valence-corrected chi connectivity index (χ3v) is 7.77. The summed E-state index contributed by atoms with van der Waals surface area (Å²) in [5.41, 5.74) is 1.70. The topological polar surface area (TPSA) is 131 Å². The van der Waals surface area contributed by atoms with Crippen LogP contribution in [-0.2, 0) is 4.74 Å². The highest BCUT2D eigenvalue weighted by atomic mass is 32.1. The Balaban J connectivity index is 1.39. The average Bonchev–Trinajstić information content (AvgIpc) is 3.64. The molecule has 1 aliphatic heterocycles. The largest absolute Gasteiger partial charge is 0.394 e. The number of aliphatic hydroxyl groups excluding tert-OH is 3. The van der Waals surface area contributed by atoms with Crippen LogP contribution in [0.2, 0.25) is 0 Å². The summed E-state index contributed by atoms with van der Waals surface area (Å²) in [6, 6.07) is 6.04. The third kappa shape index (κ3) is 4.47. The molecule has 6 rings (SSSR count). The van der Waals surface area contributed by atoms with Crippen molar-refractivity contribution in [3.63, 3.8) is 0 Å². The van der Waals surface area contributed by atoms with E-state index in [0.29, 0.717) is 11.5 Å². The van der Waals surface area contributed by atoms with Gasteiger partial charge in [-0.2, -0.15) is 10.2 Å². The Morgan fingerprint density at radius 1 is 1.00 bits per heavy atom. The van der Waals surface area contributed by atoms with Gasteiger partial charge >= 0.3 is 0 Å². The Morgan fingerprint density at radius 2 is 1.75 bits per heavy atom. The van der Waals surface area contributed by atoms with Crippen LogP contribution >= 0.6 is 11.3 Å². The highest BCUT2D eigenvalue weighted by Crippen LogP contribution is 2.39. The molecule has 3 aromatic heterocycles. The molecule has 5 aromatic rings. The van der Waals surface area contributed by atoms with Crippen LogP contribution in [0.1, 0.15) is 28.8 Å². The lowest BCUT2D eigenvalue weighted by Gasteiger charge is -2.41. The number of hydrogen-bond acceptors (Lipinski definition) is 9. The molecule has 1 aliphatic rings. The predicted molar refractivity (Wildman–Crippen MR) is 137 cm³/mol. The number of aromatic nitrogens is 6. The molecular formula is C26H23F3N6O4S. The fraction of sp³-hybridized carbons (Fsp3) is 0.308. The van der Waals surface area contributed by atoms with Gasteiger partial charge in [0.15, 0.2) is 23.3 Å². The van der Waals surface area contributed by atoms with E-state index in [9.17, 15) is 28.5 Å². The zero-order chi connectivity index (χ0) is 28.3. The molecule has 0 radical (unpaired) electrons. The van der Waals surface area contributed by atoms with E-state index in [4.69, 9.17) is 4.74 Å². The molecule has 3 N–H and O–H groups in total. The van der Waals surface area contributed by atoms with Crippen LogP contribution in [0, 0.1) is 31.3 Å². The summed E-state index contributed by atoms with van der Waals surface area (Å²) >= 11 is 1.52. The second-order valence-corrected chi connectivity index (χ2v) is 10.8. The van der Waals surface area contributed by atoms with Crippen molar-refractivity contribution in [2.75, 3.05) is 6.61 Å². The van der Waals surface area contributed by atoms with Gasteiger partial charge in [-0.05, 0) is 49.7 Å². The molecule has 2 aromatic carbocycles. The lowest BCUT2D eigenvalue weighted by molar-refractivity contribution is -0.210. The molecule has 1 saturated heterocycles. The van der Waals surface area contributed by atoms with E-state index in [2.05, 4.69) is 20.2 Å². The van der Waals surface area contributed by atoms with Crippen molar-refractivity contribution in [3.8, 4) is 16.8 Å². The number of ether oxygens (including phenoxy) is 1. The quantitative estimate of drug-likeness (QED) is 0.274. The second kappa shape index (κ2) is 10.1. The lowest BCUT2D eigenvalue weighted by atomic mass is 9.92. The maximum atomic E-state index is 13.8. The van der Waals surface area contributed by atoms with Gasteiger partial charge in [0.1, 0.15) is 36.3 Å². The molecule has 5 atom stereocenters. The average molecular weight is 573 g/mol. The van der Waals surface area contributed by atoms with Gasteiger partial charge in [-0.3, -0.25) is 4.68 Å². The smallest absolute Gasteiger partial charge is 0.194 e. The maximum absolute atomic E-state index is 13.8. The van der Waals surface area contributed by atoms with E-state index in [-0.39, 0.29) is 17.0 Å². The normalized spacial score (nSPS) is 23.2. The van der Waals surface area contributed by atoms with Gasteiger partial charge in [-0.1, -0.05) is 0 Å². The summed E-state index contributed by atoms with van der Waals surface area (Å²) in [5.74, 6) is -3.69. The van der Waals surface area contributed by atoms with Crippen molar-refractivity contribution < 1.29 is 33.2 Å². The van der Waals surface area contributed by atoms with Gasteiger partial charge in [0.25, 0.3) is 0 Å². The summed E-state index contributed by atoms with van der Waals surface area (Å²) in [7, 11) is 0. The van der Waals surface area contributed by atoms with Crippen LogP contribution in [0.5, 0.6) is 0 Å². The van der Waals surface area contributed by atoms with E-state index >= 15 is 0 Å². The molecular weight excluding hydrogens is 549 g/mol. The highest BCUT2D eigenvalue weighted by molar-refractivity contribution is 7.18. The fourth-order valence-electron chi connectivity index (χ4n) is 4.97. The van der Waals surface area contributed by atoms with Crippen LogP contribution in [0.15, 0.2) is 42.7 Å². The molecule has 0 amide bonds. The van der Waals surface area contributed by atoms with Gasteiger partial charge in [0.05, 0.1) is 33.7 Å². The van der Waals surface area contributed by atoms with Gasteiger partial charge in [0, 0.05) is 11.8 Å². The first-order valence-corrected chi connectivity index (χ1v) is 13.1. The molecule has 2 unspecified atom stereocenters. The number of thiazole rings is 1. The fourth-order valence-corrected chi connectivity index (χ4v) is 5.83. The number of rotatable bonds is 5. The number of aliphatic hydroxyl groups is 3. The molecule has 14 heteroatoms. The summed E-state index contributed by atoms with van der Waals surface area (Å²) in [4.78, 5) is 8.96. The zero-order valence-corrected chi connectivity index (χ0v) is 21.9. The number of aryl methyl sites for hydroxylation is 2. The summed E-state index contributed by atoms with van der Waals surface area (Å²) in [5, 5.41) is 42.1. The first-order chi connectivity index (χ1) is 19.1. The van der Waals surface area contributed by atoms with E-state index in [1.807, 2.05) is 25.1 Å². The van der Waals surface area contributed by atoms with Crippen molar-refractivity contribution in [2.45, 2.75) is 44.3 Å². The predicted octanol–water partition coefficient (Wildman–Crippen LogP) is 3.17. The van der Waals surface area contributed by atoms with Crippen LogP contribution in [0.3, 0.4) is 0 Å². The Labute approximate surface area is 228 Å². The lowest BCUT2D eigenvalue weighted by Crippen LogP contribution is -2.53. The van der Waals surface area contributed by atoms with Gasteiger partial charge in [-0.15, -0.1) is 11.3 Å². The van der Waals surface area contributed by atoms with E-state index < -0.39 is 54.5 Å². The standard InChI is InChI=1S/C26H23F3N6O4S/c1-11-31-26(35(33-11)15-3-4-18-20(7-15)40-12(2)32-18)25-24(38)22(23(37)19(10-36)39-25)34-9-14(8-30-34)13-5-16(27)21(29)17(28)6-13/h3-9,19,22-25,36-38H,10H2,1-2H3/t19?,22-,23-,24?,25+/m0/s1. The Morgan fingerprint density at radius 3 is 2.48 bits per heavy atom. The van der Waals surface area contributed by atoms with Crippen LogP contribution in [0.25, 0.3) is 27.0 Å².